The van der Waals surface area contributed by atoms with Crippen molar-refractivity contribution in [1.82, 2.24) is 5.32 Å². The van der Waals surface area contributed by atoms with Gasteiger partial charge in [0.25, 0.3) is 0 Å². The molecule has 2 aliphatic carbocycles. The number of fused-ring (bicyclic) bond motifs is 1. The standard InChI is InChI=1S/C36H49NO6/c1-19-6-8-24-9-10-25(32(31(24)23(19)5)34(41)33-21(3)14-30(40)37-33)17-29-11-7-22(4)36(42-29)13-12-20(2)35(43-36)26-15-27(38)18-28(39)16-26/h9-10,15-16,18-20,22-25,29,31-32,35,38-39H,6-8,11-14,17H2,1-5H3,(H,37,40)/t19-,20-,22-,23+,24+,25+,29-,31+,32+,35-,36+/m1/s1. The van der Waals surface area contributed by atoms with Gasteiger partial charge in [-0.1, -0.05) is 39.8 Å². The lowest BCUT2D eigenvalue weighted by Crippen LogP contribution is -2.53. The van der Waals surface area contributed by atoms with E-state index in [0.717, 1.165) is 49.7 Å². The van der Waals surface area contributed by atoms with Gasteiger partial charge in [0.2, 0.25) is 5.91 Å². The highest BCUT2D eigenvalue weighted by atomic mass is 16.7. The first-order valence-corrected chi connectivity index (χ1v) is 16.6. The summed E-state index contributed by atoms with van der Waals surface area (Å²) in [6.07, 6.45) is 11.2. The lowest BCUT2D eigenvalue weighted by Gasteiger charge is -2.52. The van der Waals surface area contributed by atoms with Crippen LogP contribution in [0.4, 0.5) is 0 Å². The molecule has 1 amide bonds. The van der Waals surface area contributed by atoms with Crippen molar-refractivity contribution in [2.75, 3.05) is 0 Å². The fourth-order valence-electron chi connectivity index (χ4n) is 9.02. The van der Waals surface area contributed by atoms with Gasteiger partial charge in [-0.05, 0) is 104 Å². The Balaban J connectivity index is 1.27. The highest BCUT2D eigenvalue weighted by Crippen LogP contribution is 2.53. The maximum Gasteiger partial charge on any atom is 0.228 e. The zero-order valence-corrected chi connectivity index (χ0v) is 26.3. The molecule has 0 radical (unpaired) electrons. The normalized spacial score (nSPS) is 41.3. The average Bonchev–Trinajstić information content (AvgIpc) is 3.30. The Bertz CT molecular complexity index is 1300. The maximum absolute atomic E-state index is 14.3. The molecule has 2 saturated heterocycles. The largest absolute Gasteiger partial charge is 0.508 e. The molecule has 1 spiro atoms. The molecule has 7 nitrogen and oxygen atoms in total. The van der Waals surface area contributed by atoms with Crippen LogP contribution >= 0.6 is 0 Å². The number of carbonyl (C=O) groups excluding carboxylic acids is 2. The second-order valence-corrected chi connectivity index (χ2v) is 14.6. The minimum atomic E-state index is -0.757. The van der Waals surface area contributed by atoms with E-state index in [1.807, 2.05) is 6.92 Å². The molecule has 1 saturated carbocycles. The topological polar surface area (TPSA) is 105 Å². The molecule has 3 heterocycles. The van der Waals surface area contributed by atoms with E-state index in [1.54, 1.807) is 12.1 Å². The van der Waals surface area contributed by atoms with E-state index in [9.17, 15) is 19.8 Å². The van der Waals surface area contributed by atoms with Crippen molar-refractivity contribution < 1.29 is 29.3 Å². The van der Waals surface area contributed by atoms with Crippen molar-refractivity contribution in [2.24, 2.45) is 47.3 Å². The number of phenolic OH excluding ortho intramolecular Hbond substituents is 2. The number of allylic oxidation sites excluding steroid dienone is 3. The van der Waals surface area contributed by atoms with Crippen LogP contribution in [0.3, 0.4) is 0 Å². The van der Waals surface area contributed by atoms with Gasteiger partial charge in [-0.25, -0.2) is 0 Å². The number of aromatic hydroxyl groups is 2. The van der Waals surface area contributed by atoms with Gasteiger partial charge in [0, 0.05) is 24.3 Å². The lowest BCUT2D eigenvalue weighted by atomic mass is 9.56. The van der Waals surface area contributed by atoms with Gasteiger partial charge in [0.1, 0.15) is 11.5 Å². The fourth-order valence-corrected chi connectivity index (χ4v) is 9.02. The second kappa shape index (κ2) is 11.7. The van der Waals surface area contributed by atoms with E-state index in [-0.39, 0.29) is 65.0 Å². The van der Waals surface area contributed by atoms with Crippen LogP contribution in [0.25, 0.3) is 0 Å². The van der Waals surface area contributed by atoms with Gasteiger partial charge < -0.3 is 25.0 Å². The highest BCUT2D eigenvalue weighted by Gasteiger charge is 2.52. The second-order valence-electron chi connectivity index (χ2n) is 14.6. The Hall–Kier alpha value is -2.64. The van der Waals surface area contributed by atoms with Crippen molar-refractivity contribution >= 4 is 11.7 Å². The Labute approximate surface area is 256 Å². The van der Waals surface area contributed by atoms with E-state index in [4.69, 9.17) is 9.47 Å². The van der Waals surface area contributed by atoms with Crippen LogP contribution in [0.1, 0.15) is 97.7 Å². The predicted octanol–water partition coefficient (Wildman–Crippen LogP) is 6.95. The molecule has 6 rings (SSSR count). The molecule has 0 unspecified atom stereocenters. The van der Waals surface area contributed by atoms with Crippen LogP contribution < -0.4 is 5.32 Å². The number of carbonyl (C=O) groups is 2. The quantitative estimate of drug-likeness (QED) is 0.320. The molecule has 0 bridgehead atoms. The number of hydrogen-bond acceptors (Lipinski definition) is 6. The van der Waals surface area contributed by atoms with Crippen LogP contribution in [0.2, 0.25) is 0 Å². The first-order valence-electron chi connectivity index (χ1n) is 16.6. The Morgan fingerprint density at radius 3 is 2.40 bits per heavy atom. The molecule has 3 N–H and O–H groups in total. The molecule has 1 aromatic rings. The van der Waals surface area contributed by atoms with Crippen LogP contribution in [-0.2, 0) is 19.1 Å². The summed E-state index contributed by atoms with van der Waals surface area (Å²) >= 11 is 0. The summed E-state index contributed by atoms with van der Waals surface area (Å²) in [4.78, 5) is 26.6. The molecule has 0 aromatic heterocycles. The fraction of sp³-hybridized carbons (Fsp3) is 0.667. The van der Waals surface area contributed by atoms with Gasteiger partial charge in [0.05, 0.1) is 24.3 Å². The third kappa shape index (κ3) is 5.68. The van der Waals surface area contributed by atoms with Gasteiger partial charge in [-0.3, -0.25) is 9.59 Å². The molecule has 7 heteroatoms. The van der Waals surface area contributed by atoms with Crippen molar-refractivity contribution in [3.8, 4) is 11.5 Å². The summed E-state index contributed by atoms with van der Waals surface area (Å²) in [5.41, 5.74) is 2.14. The first kappa shape index (κ1) is 30.4. The summed E-state index contributed by atoms with van der Waals surface area (Å²) in [5.74, 6) is 1.12. The lowest BCUT2D eigenvalue weighted by molar-refractivity contribution is -0.348. The summed E-state index contributed by atoms with van der Waals surface area (Å²) in [5, 5.41) is 23.3. The zero-order valence-electron chi connectivity index (χ0n) is 26.3. The van der Waals surface area contributed by atoms with Crippen LogP contribution in [0.15, 0.2) is 41.6 Å². The Morgan fingerprint density at radius 2 is 1.70 bits per heavy atom. The van der Waals surface area contributed by atoms with Crippen molar-refractivity contribution in [2.45, 2.75) is 104 Å². The number of nitrogens with one attached hydrogen (secondary N) is 1. The van der Waals surface area contributed by atoms with Crippen LogP contribution in [0, 0.1) is 47.3 Å². The predicted molar refractivity (Wildman–Crippen MR) is 164 cm³/mol. The molecule has 3 aliphatic heterocycles. The van der Waals surface area contributed by atoms with Crippen LogP contribution in [0.5, 0.6) is 11.5 Å². The number of phenols is 2. The van der Waals surface area contributed by atoms with Gasteiger partial charge in [-0.15, -0.1) is 0 Å². The number of ketones is 1. The summed E-state index contributed by atoms with van der Waals surface area (Å²) < 4.78 is 13.9. The van der Waals surface area contributed by atoms with E-state index in [0.29, 0.717) is 29.9 Å². The molecular weight excluding hydrogens is 542 g/mol. The van der Waals surface area contributed by atoms with Crippen molar-refractivity contribution in [3.05, 3.63) is 47.2 Å². The Kier molecular flexibility index (Phi) is 8.27. The number of ether oxygens (including phenoxy) is 2. The van der Waals surface area contributed by atoms with E-state index < -0.39 is 5.79 Å². The number of hydrogen-bond donors (Lipinski definition) is 3. The molecule has 43 heavy (non-hydrogen) atoms. The zero-order chi connectivity index (χ0) is 30.6. The van der Waals surface area contributed by atoms with Gasteiger partial charge in [0.15, 0.2) is 11.6 Å². The minimum Gasteiger partial charge on any atom is -0.508 e. The molecular formula is C36H49NO6. The SMILES string of the molecule is CC1=C(C(=O)[C@@H]2[C@H]3[C@@H](C)[C@H](C)CC[C@H]3C=C[C@H]2C[C@H]2CC[C@@H](C)[C@@]3(CC[C@@H](C)[C@H](c4cc(O)cc(O)c4)O3)O2)NC(=O)C1. The molecule has 11 atom stereocenters. The summed E-state index contributed by atoms with van der Waals surface area (Å²) in [6.45, 7) is 10.9. The Morgan fingerprint density at radius 1 is 0.953 bits per heavy atom. The van der Waals surface area contributed by atoms with E-state index in [2.05, 4.69) is 45.2 Å². The third-order valence-electron chi connectivity index (χ3n) is 11.7. The number of Topliss-reactive ketones (excluding diaryl/α,β-unsaturated/α-hetero) is 1. The van der Waals surface area contributed by atoms with Crippen LogP contribution in [-0.4, -0.2) is 33.8 Å². The molecule has 1 aromatic carbocycles. The van der Waals surface area contributed by atoms with E-state index >= 15 is 0 Å². The molecule has 234 valence electrons. The summed E-state index contributed by atoms with van der Waals surface area (Å²) in [6, 6.07) is 4.69. The molecule has 5 aliphatic rings. The number of benzene rings is 1. The smallest absolute Gasteiger partial charge is 0.228 e. The van der Waals surface area contributed by atoms with Crippen molar-refractivity contribution in [1.29, 1.82) is 0 Å². The summed E-state index contributed by atoms with van der Waals surface area (Å²) in [7, 11) is 0. The monoisotopic (exact) mass is 591 g/mol. The van der Waals surface area contributed by atoms with Gasteiger partial charge in [-0.2, -0.15) is 0 Å². The third-order valence-corrected chi connectivity index (χ3v) is 11.7. The minimum absolute atomic E-state index is 0.0223. The average molecular weight is 592 g/mol. The van der Waals surface area contributed by atoms with Gasteiger partial charge >= 0.3 is 0 Å². The highest BCUT2D eigenvalue weighted by molar-refractivity contribution is 6.04. The first-order chi connectivity index (χ1) is 20.5. The molecule has 3 fully saturated rings. The maximum atomic E-state index is 14.3. The van der Waals surface area contributed by atoms with E-state index in [1.165, 1.54) is 12.5 Å². The van der Waals surface area contributed by atoms with Crippen molar-refractivity contribution in [3.63, 3.8) is 0 Å². The number of amides is 1. The number of rotatable bonds is 5.